The Hall–Kier alpha value is -4.42. The molecule has 0 amide bonds. The highest BCUT2D eigenvalue weighted by atomic mass is 19.1. The smallest absolute Gasteiger partial charge is 0.169 e. The molecular formula is C33H27BF4O. The third kappa shape index (κ3) is 5.57. The zero-order valence-corrected chi connectivity index (χ0v) is 21.1. The van der Waals surface area contributed by atoms with Crippen LogP contribution in [0.1, 0.15) is 5.56 Å². The predicted molar refractivity (Wildman–Crippen MR) is 154 cm³/mol. The highest BCUT2D eigenvalue weighted by Gasteiger charge is 2.38. The van der Waals surface area contributed by atoms with Crippen molar-refractivity contribution in [3.63, 3.8) is 0 Å². The van der Waals surface area contributed by atoms with Gasteiger partial charge in [-0.2, -0.15) is 21.9 Å². The average Bonchev–Trinajstić information content (AvgIpc) is 2.97. The van der Waals surface area contributed by atoms with Crippen molar-refractivity contribution in [3.8, 4) is 0 Å². The van der Waals surface area contributed by atoms with Gasteiger partial charge in [0.05, 0.1) is 23.3 Å². The summed E-state index contributed by atoms with van der Waals surface area (Å²) in [4.78, 5) is 0. The van der Waals surface area contributed by atoms with E-state index >= 15 is 17.6 Å². The topological polar surface area (TPSA) is 22.9 Å². The molecule has 0 aliphatic rings. The van der Waals surface area contributed by atoms with Gasteiger partial charge < -0.3 is 5.11 Å². The molecule has 6 heteroatoms. The normalized spacial score (nSPS) is 10.9. The molecule has 0 unspecified atom stereocenters. The minimum atomic E-state index is -2.82. The van der Waals surface area contributed by atoms with Gasteiger partial charge in [-0.25, -0.2) is 17.6 Å². The zero-order valence-electron chi connectivity index (χ0n) is 21.1. The van der Waals surface area contributed by atoms with E-state index in [0.29, 0.717) is 0 Å². The number of hydrogen-bond acceptors (Lipinski definition) is 0. The number of rotatable bonds is 6. The molecule has 5 aromatic rings. The second kappa shape index (κ2) is 12.4. The van der Waals surface area contributed by atoms with Gasteiger partial charge in [-0.3, -0.25) is 0 Å². The van der Waals surface area contributed by atoms with Crippen LogP contribution in [-0.2, 0) is 0 Å². The van der Waals surface area contributed by atoms with Crippen LogP contribution in [0.2, 0.25) is 0 Å². The van der Waals surface area contributed by atoms with Crippen LogP contribution in [0.3, 0.4) is 0 Å². The van der Waals surface area contributed by atoms with E-state index < -0.39 is 29.4 Å². The number of hydrogen-bond donors (Lipinski definition) is 0. The maximum atomic E-state index is 15.2. The van der Waals surface area contributed by atoms with Crippen molar-refractivity contribution in [2.45, 2.75) is 0 Å². The Kier molecular flexibility index (Phi) is 8.79. The summed E-state index contributed by atoms with van der Waals surface area (Å²) in [6.07, 6.45) is -2.82. The molecule has 0 bridgehead atoms. The lowest BCUT2D eigenvalue weighted by Gasteiger charge is -2.44. The standard InChI is InChI=1S/C24H16BF4.C9H10O/c26-21-13-5-1-9-17(21)25(18-10-2-6-14-22(18)27,19-11-3-7-15-23(19)28)20-12-4-8-16-24(20)29;1-8(7-10)9-5-3-2-4-6-9/h1-16H;2-6,10H,1,7H2/q-1;/p+1. The van der Waals surface area contributed by atoms with E-state index in [0.717, 1.165) is 11.1 Å². The Morgan fingerprint density at radius 2 is 0.769 bits per heavy atom. The van der Waals surface area contributed by atoms with Crippen LogP contribution in [0.4, 0.5) is 17.6 Å². The lowest BCUT2D eigenvalue weighted by molar-refractivity contribution is 0.350. The Bertz CT molecular complexity index is 1380. The molecular weight excluding hydrogens is 499 g/mol. The first-order valence-corrected chi connectivity index (χ1v) is 12.4. The first-order chi connectivity index (χ1) is 18.9. The fraction of sp³-hybridized carbons (Fsp3) is 0.0303. The molecule has 0 spiro atoms. The molecule has 0 fully saturated rings. The van der Waals surface area contributed by atoms with Gasteiger partial charge >= 0.3 is 0 Å². The Balaban J connectivity index is 0.000000298. The van der Waals surface area contributed by atoms with Crippen molar-refractivity contribution in [1.82, 2.24) is 0 Å². The first kappa shape index (κ1) is 27.6. The predicted octanol–water partition coefficient (Wildman–Crippen LogP) is 5.04. The molecule has 196 valence electrons. The minimum Gasteiger partial charge on any atom is -0.442 e. The van der Waals surface area contributed by atoms with Crippen molar-refractivity contribution < 1.29 is 22.7 Å². The SMILES string of the molecule is C=C(C[OH2+])c1ccccc1.Fc1ccccc1[B-](c1ccccc1F)(c1ccccc1F)c1ccccc1F. The van der Waals surface area contributed by atoms with E-state index in [1.807, 2.05) is 30.3 Å². The third-order valence-corrected chi connectivity index (χ3v) is 6.88. The molecule has 0 saturated heterocycles. The van der Waals surface area contributed by atoms with Crippen molar-refractivity contribution in [3.05, 3.63) is 163 Å². The summed E-state index contributed by atoms with van der Waals surface area (Å²) >= 11 is 0. The average molecular weight is 526 g/mol. The van der Waals surface area contributed by atoms with Gasteiger partial charge in [-0.1, -0.05) is 110 Å². The molecule has 0 aromatic heterocycles. The van der Waals surface area contributed by atoms with Crippen LogP contribution >= 0.6 is 0 Å². The molecule has 0 radical (unpaired) electrons. The van der Waals surface area contributed by atoms with Crippen LogP contribution in [0.15, 0.2) is 134 Å². The summed E-state index contributed by atoms with van der Waals surface area (Å²) < 4.78 is 60.7. The minimum absolute atomic E-state index is 0.0211. The van der Waals surface area contributed by atoms with Crippen molar-refractivity contribution in [2.75, 3.05) is 6.61 Å². The van der Waals surface area contributed by atoms with E-state index in [2.05, 4.69) is 6.58 Å². The molecule has 0 heterocycles. The third-order valence-electron chi connectivity index (χ3n) is 6.88. The summed E-state index contributed by atoms with van der Waals surface area (Å²) in [5.74, 6) is -2.66. The van der Waals surface area contributed by atoms with E-state index in [1.165, 1.54) is 72.8 Å². The highest BCUT2D eigenvalue weighted by molar-refractivity contribution is 7.20. The van der Waals surface area contributed by atoms with Gasteiger partial charge in [0.15, 0.2) is 6.61 Å². The fourth-order valence-corrected chi connectivity index (χ4v) is 5.09. The lowest BCUT2D eigenvalue weighted by atomic mass is 9.12. The van der Waals surface area contributed by atoms with Gasteiger partial charge in [0.25, 0.3) is 0 Å². The van der Waals surface area contributed by atoms with Crippen LogP contribution in [0.5, 0.6) is 0 Å². The Morgan fingerprint density at radius 3 is 1.05 bits per heavy atom. The molecule has 39 heavy (non-hydrogen) atoms. The van der Waals surface area contributed by atoms with Gasteiger partial charge in [0.1, 0.15) is 6.15 Å². The Morgan fingerprint density at radius 1 is 0.487 bits per heavy atom. The Labute approximate surface area is 225 Å². The maximum absolute atomic E-state index is 15.2. The highest BCUT2D eigenvalue weighted by Crippen LogP contribution is 2.16. The van der Waals surface area contributed by atoms with Gasteiger partial charge in [-0.15, -0.1) is 0 Å². The van der Waals surface area contributed by atoms with Crippen LogP contribution in [0, 0.1) is 23.3 Å². The molecule has 0 aliphatic carbocycles. The molecule has 5 rings (SSSR count). The summed E-state index contributed by atoms with van der Waals surface area (Å²) in [6.45, 7) is 4.04. The zero-order chi connectivity index (χ0) is 27.8. The van der Waals surface area contributed by atoms with E-state index in [4.69, 9.17) is 5.11 Å². The van der Waals surface area contributed by atoms with E-state index in [1.54, 1.807) is 24.3 Å². The van der Waals surface area contributed by atoms with E-state index in [9.17, 15) is 0 Å². The second-order valence-corrected chi connectivity index (χ2v) is 9.10. The number of benzene rings is 5. The first-order valence-electron chi connectivity index (χ1n) is 12.4. The fourth-order valence-electron chi connectivity index (χ4n) is 5.09. The van der Waals surface area contributed by atoms with Gasteiger partial charge in [-0.05, 0) is 29.8 Å². The lowest BCUT2D eigenvalue weighted by Crippen LogP contribution is -2.77. The largest absolute Gasteiger partial charge is 0.442 e. The number of halogens is 4. The molecule has 0 aliphatic heterocycles. The molecule has 1 nitrogen and oxygen atoms in total. The maximum Gasteiger partial charge on any atom is 0.169 e. The molecule has 5 aromatic carbocycles. The van der Waals surface area contributed by atoms with Crippen LogP contribution < -0.4 is 21.9 Å². The van der Waals surface area contributed by atoms with Crippen molar-refractivity contribution in [1.29, 1.82) is 0 Å². The summed E-state index contributed by atoms with van der Waals surface area (Å²) in [5, 5.41) is 7.05. The molecule has 0 atom stereocenters. The summed E-state index contributed by atoms with van der Waals surface area (Å²) in [5.41, 5.74) is 2.03. The summed E-state index contributed by atoms with van der Waals surface area (Å²) in [6, 6.07) is 32.8. The van der Waals surface area contributed by atoms with Crippen molar-refractivity contribution in [2.24, 2.45) is 0 Å². The van der Waals surface area contributed by atoms with Crippen LogP contribution in [0.25, 0.3) is 5.57 Å². The second-order valence-electron chi connectivity index (χ2n) is 9.10. The quantitative estimate of drug-likeness (QED) is 0.168. The summed E-state index contributed by atoms with van der Waals surface area (Å²) in [7, 11) is 0. The van der Waals surface area contributed by atoms with E-state index in [-0.39, 0.29) is 28.5 Å². The molecule has 0 saturated carbocycles. The van der Waals surface area contributed by atoms with Crippen LogP contribution in [-0.4, -0.2) is 17.9 Å². The van der Waals surface area contributed by atoms with Gasteiger partial charge in [0.2, 0.25) is 0 Å². The van der Waals surface area contributed by atoms with Crippen molar-refractivity contribution >= 4 is 33.6 Å². The monoisotopic (exact) mass is 526 g/mol. The molecule has 2 N–H and O–H groups in total. The van der Waals surface area contributed by atoms with Gasteiger partial charge in [0, 0.05) is 5.57 Å².